The number of phosphoric acid groups is 1. The van der Waals surface area contributed by atoms with E-state index in [2.05, 4.69) is 33.9 Å². The second-order valence-corrected chi connectivity index (χ2v) is 9.82. The number of aryl methyl sites for hydroxylation is 1. The van der Waals surface area contributed by atoms with E-state index in [1.54, 1.807) is 12.1 Å². The normalized spacial score (nSPS) is 16.4. The smallest absolute Gasteiger partial charge is 0.285 e. The summed E-state index contributed by atoms with van der Waals surface area (Å²) in [6, 6.07) is 13.8. The van der Waals surface area contributed by atoms with E-state index in [9.17, 15) is 9.46 Å². The number of ether oxygens (including phenoxy) is 1. The lowest BCUT2D eigenvalue weighted by molar-refractivity contribution is -0.712. The summed E-state index contributed by atoms with van der Waals surface area (Å²) in [4.78, 5) is 19.7. The maximum atomic E-state index is 10.9. The summed E-state index contributed by atoms with van der Waals surface area (Å²) in [7, 11) is -4.86. The second kappa shape index (κ2) is 11.3. The molecule has 1 unspecified atom stereocenters. The van der Waals surface area contributed by atoms with Gasteiger partial charge in [0.2, 0.25) is 0 Å². The minimum absolute atomic E-state index is 0.226. The molecule has 1 aliphatic heterocycles. The lowest BCUT2D eigenvalue weighted by atomic mass is 9.93. The van der Waals surface area contributed by atoms with Crippen molar-refractivity contribution in [2.45, 2.75) is 45.3 Å². The average molecular weight is 487 g/mol. The van der Waals surface area contributed by atoms with Crippen molar-refractivity contribution >= 4 is 13.6 Å². The summed E-state index contributed by atoms with van der Waals surface area (Å²) in [6.07, 6.45) is 8.07. The summed E-state index contributed by atoms with van der Waals surface area (Å²) < 4.78 is 27.5. The minimum Gasteiger partial charge on any atom is -0.756 e. The Morgan fingerprint density at radius 1 is 1.21 bits per heavy atom. The molecule has 10 heteroatoms. The van der Waals surface area contributed by atoms with Crippen LogP contribution >= 0.6 is 7.82 Å². The number of pyridine rings is 1. The van der Waals surface area contributed by atoms with Gasteiger partial charge in [-0.05, 0) is 61.3 Å². The fraction of sp³-hybridized carbons (Fsp3) is 0.417. The van der Waals surface area contributed by atoms with Crippen LogP contribution in [0.1, 0.15) is 42.5 Å². The van der Waals surface area contributed by atoms with Crippen molar-refractivity contribution in [1.29, 1.82) is 0 Å². The van der Waals surface area contributed by atoms with Crippen molar-refractivity contribution in [2.75, 3.05) is 18.9 Å². The number of hydrogen-bond donors (Lipinski definition) is 2. The van der Waals surface area contributed by atoms with Gasteiger partial charge in [-0.1, -0.05) is 29.4 Å². The van der Waals surface area contributed by atoms with Crippen LogP contribution in [-0.2, 0) is 33.4 Å². The Labute approximate surface area is 198 Å². The zero-order valence-corrected chi connectivity index (χ0v) is 19.9. The number of aromatic nitrogens is 2. The Bertz CT molecular complexity index is 1120. The van der Waals surface area contributed by atoms with E-state index in [4.69, 9.17) is 19.9 Å². The van der Waals surface area contributed by atoms with E-state index in [-0.39, 0.29) is 5.82 Å². The number of hydrogen-bond acceptors (Lipinski definition) is 7. The summed E-state index contributed by atoms with van der Waals surface area (Å²) in [5.74, 6) is 1.49. The van der Waals surface area contributed by atoms with Gasteiger partial charge in [0.1, 0.15) is 5.56 Å². The number of phosphoric ester groups is 1. The van der Waals surface area contributed by atoms with E-state index < -0.39 is 14.6 Å². The van der Waals surface area contributed by atoms with Crippen LogP contribution in [0.5, 0.6) is 0 Å². The zero-order valence-electron chi connectivity index (χ0n) is 19.0. The van der Waals surface area contributed by atoms with Crippen molar-refractivity contribution in [3.8, 4) is 11.3 Å². The van der Waals surface area contributed by atoms with E-state index in [1.807, 2.05) is 6.07 Å². The van der Waals surface area contributed by atoms with Gasteiger partial charge in [0, 0.05) is 25.7 Å². The largest absolute Gasteiger partial charge is 0.756 e. The highest BCUT2D eigenvalue weighted by atomic mass is 31.2. The Morgan fingerprint density at radius 2 is 1.94 bits per heavy atom. The fourth-order valence-corrected chi connectivity index (χ4v) is 4.47. The first-order chi connectivity index (χ1) is 16.4. The summed E-state index contributed by atoms with van der Waals surface area (Å²) in [5.41, 5.74) is 9.90. The third-order valence-electron chi connectivity index (χ3n) is 6.13. The van der Waals surface area contributed by atoms with Crippen molar-refractivity contribution in [2.24, 2.45) is 5.92 Å². The molecule has 9 nitrogen and oxygen atoms in total. The first kappa shape index (κ1) is 24.6. The number of benzene rings is 1. The van der Waals surface area contributed by atoms with Gasteiger partial charge in [-0.15, -0.1) is 0 Å². The molecule has 3 aromatic rings. The molecule has 3 heterocycles. The van der Waals surface area contributed by atoms with Gasteiger partial charge in [0.05, 0.1) is 11.9 Å². The van der Waals surface area contributed by atoms with Crippen LogP contribution in [0.2, 0.25) is 0 Å². The maximum absolute atomic E-state index is 10.9. The van der Waals surface area contributed by atoms with Gasteiger partial charge >= 0.3 is 0 Å². The van der Waals surface area contributed by atoms with Crippen LogP contribution in [0.4, 0.5) is 5.82 Å². The van der Waals surface area contributed by atoms with Gasteiger partial charge in [-0.2, -0.15) is 0 Å². The van der Waals surface area contributed by atoms with Gasteiger partial charge in [-0.3, -0.25) is 14.8 Å². The highest BCUT2D eigenvalue weighted by Crippen LogP contribution is 2.30. The van der Waals surface area contributed by atoms with Crippen LogP contribution in [0.25, 0.3) is 11.3 Å². The number of rotatable bonds is 10. The molecule has 0 radical (unpaired) electrons. The predicted molar refractivity (Wildman–Crippen MR) is 123 cm³/mol. The number of nitrogens with two attached hydrogens (primary N) is 1. The number of nitrogen functional groups attached to an aromatic ring is 1. The Kier molecular flexibility index (Phi) is 8.13. The van der Waals surface area contributed by atoms with Crippen LogP contribution in [0.3, 0.4) is 0 Å². The van der Waals surface area contributed by atoms with Crippen molar-refractivity contribution in [3.05, 3.63) is 65.5 Å². The molecule has 1 atom stereocenters. The first-order valence-corrected chi connectivity index (χ1v) is 12.9. The molecule has 34 heavy (non-hydrogen) atoms. The third-order valence-corrected chi connectivity index (χ3v) is 6.57. The molecular formula is C24H30N3O6P. The molecule has 0 amide bonds. The van der Waals surface area contributed by atoms with Crippen LogP contribution in [0, 0.1) is 5.92 Å². The molecule has 2 aromatic heterocycles. The van der Waals surface area contributed by atoms with Crippen molar-refractivity contribution < 1.29 is 32.7 Å². The molecule has 1 aliphatic rings. The minimum atomic E-state index is -4.86. The molecule has 1 fully saturated rings. The molecule has 0 aliphatic carbocycles. The summed E-state index contributed by atoms with van der Waals surface area (Å²) in [6.45, 7) is 1.37. The van der Waals surface area contributed by atoms with Crippen LogP contribution in [-0.4, -0.2) is 23.3 Å². The summed E-state index contributed by atoms with van der Waals surface area (Å²) in [5, 5.41) is 4.15. The predicted octanol–water partition coefficient (Wildman–Crippen LogP) is 2.99. The topological polar surface area (TPSA) is 135 Å². The quantitative estimate of drug-likeness (QED) is 0.329. The SMILES string of the molecule is Nc1c(-c2cc(Cc3ccc(CCCC4CCOCC4)cc3)no2)ccc[n+]1COP(=O)([O-])O. The molecule has 1 saturated heterocycles. The summed E-state index contributed by atoms with van der Waals surface area (Å²) >= 11 is 0. The van der Waals surface area contributed by atoms with E-state index >= 15 is 0 Å². The van der Waals surface area contributed by atoms with Gasteiger partial charge in [0.25, 0.3) is 13.6 Å². The first-order valence-electron chi connectivity index (χ1n) is 11.5. The molecule has 0 spiro atoms. The van der Waals surface area contributed by atoms with E-state index in [0.717, 1.165) is 36.8 Å². The van der Waals surface area contributed by atoms with Crippen molar-refractivity contribution in [1.82, 2.24) is 5.16 Å². The molecule has 4 rings (SSSR count). The fourth-order valence-electron chi connectivity index (χ4n) is 4.20. The number of nitrogens with zero attached hydrogens (tertiary/aromatic N) is 2. The lowest BCUT2D eigenvalue weighted by Gasteiger charge is -2.21. The van der Waals surface area contributed by atoms with Gasteiger partial charge < -0.3 is 19.0 Å². The Hall–Kier alpha value is -2.55. The molecule has 182 valence electrons. The monoisotopic (exact) mass is 487 g/mol. The number of anilines is 1. The zero-order chi connectivity index (χ0) is 24.0. The van der Waals surface area contributed by atoms with Crippen molar-refractivity contribution in [3.63, 3.8) is 0 Å². The lowest BCUT2D eigenvalue weighted by Crippen LogP contribution is -2.38. The third kappa shape index (κ3) is 6.98. The van der Waals surface area contributed by atoms with E-state index in [1.165, 1.54) is 42.0 Å². The van der Waals surface area contributed by atoms with Crippen LogP contribution in [0.15, 0.2) is 53.2 Å². The molecule has 0 bridgehead atoms. The van der Waals surface area contributed by atoms with E-state index in [0.29, 0.717) is 17.7 Å². The van der Waals surface area contributed by atoms with Gasteiger partial charge in [0.15, 0.2) is 12.5 Å². The second-order valence-electron chi connectivity index (χ2n) is 8.63. The highest BCUT2D eigenvalue weighted by Gasteiger charge is 2.18. The Morgan fingerprint density at radius 3 is 2.68 bits per heavy atom. The van der Waals surface area contributed by atoms with Crippen LogP contribution < -0.4 is 15.2 Å². The maximum Gasteiger partial charge on any atom is 0.285 e. The highest BCUT2D eigenvalue weighted by molar-refractivity contribution is 7.44. The standard InChI is InChI=1S/C24H30N3O6P/c25-24-22(5-2-12-27(24)17-32-34(28,29)30)23-16-21(26-33-23)15-20-8-6-18(7-9-20)3-1-4-19-10-13-31-14-11-19/h2,5-9,12,16,19,25H,1,3-4,10-11,13-15,17H2,(H2,28,29,30). The average Bonchev–Trinajstić information content (AvgIpc) is 3.28. The molecular weight excluding hydrogens is 457 g/mol. The molecule has 3 N–H and O–H groups in total. The molecule has 0 saturated carbocycles. The Balaban J connectivity index is 1.33. The van der Waals surface area contributed by atoms with Gasteiger partial charge in [-0.25, -0.2) is 4.57 Å². The molecule has 1 aromatic carbocycles.